The van der Waals surface area contributed by atoms with E-state index in [1.807, 2.05) is 13.8 Å². The topological polar surface area (TPSA) is 95.1 Å². The summed E-state index contributed by atoms with van der Waals surface area (Å²) in [5.41, 5.74) is -0.0961. The summed E-state index contributed by atoms with van der Waals surface area (Å²) in [6.45, 7) is 5.97. The average Bonchev–Trinajstić information content (AvgIpc) is 3.16. The van der Waals surface area contributed by atoms with E-state index in [0.717, 1.165) is 12.8 Å². The van der Waals surface area contributed by atoms with Crippen molar-refractivity contribution >= 4 is 5.91 Å². The highest BCUT2D eigenvalue weighted by molar-refractivity contribution is 5.94. The number of hydrogen-bond donors (Lipinski definition) is 3. The predicted molar refractivity (Wildman–Crippen MR) is 74.8 cm³/mol. The molecule has 1 fully saturated rings. The van der Waals surface area contributed by atoms with Gasteiger partial charge in [-0.1, -0.05) is 13.8 Å². The van der Waals surface area contributed by atoms with Crippen LogP contribution in [0.2, 0.25) is 0 Å². The van der Waals surface area contributed by atoms with Crippen molar-refractivity contribution in [2.75, 3.05) is 13.2 Å². The van der Waals surface area contributed by atoms with Gasteiger partial charge >= 0.3 is 0 Å². The van der Waals surface area contributed by atoms with E-state index in [0.29, 0.717) is 18.1 Å². The third-order valence-electron chi connectivity index (χ3n) is 3.81. The number of aliphatic hydroxyl groups excluding tert-OH is 1. The molecule has 1 aliphatic carbocycles. The van der Waals surface area contributed by atoms with Crippen LogP contribution in [0.15, 0.2) is 4.79 Å². The van der Waals surface area contributed by atoms with Crippen molar-refractivity contribution in [2.45, 2.75) is 39.5 Å². The fourth-order valence-electron chi connectivity index (χ4n) is 2.07. The molecule has 0 atom stereocenters. The van der Waals surface area contributed by atoms with Gasteiger partial charge in [-0.15, -0.1) is 0 Å². The number of aromatic nitrogens is 2. The number of hydrogen-bond acceptors (Lipinski definition) is 4. The second-order valence-corrected chi connectivity index (χ2v) is 5.91. The number of aliphatic hydroxyl groups is 1. The number of nitrogens with zero attached hydrogens (tertiary/aromatic N) is 1. The Hall–Kier alpha value is -1.69. The monoisotopic (exact) mass is 279 g/mol. The SMILES string of the molecule is Cc1nc(C(C)C)[nH]c(=O)c1C(=O)NCC1(CO)CC1. The highest BCUT2D eigenvalue weighted by Gasteiger charge is 2.42. The Balaban J connectivity index is 2.16. The minimum Gasteiger partial charge on any atom is -0.396 e. The van der Waals surface area contributed by atoms with Crippen molar-refractivity contribution in [1.82, 2.24) is 15.3 Å². The van der Waals surface area contributed by atoms with Gasteiger partial charge in [0.15, 0.2) is 0 Å². The second kappa shape index (κ2) is 5.36. The number of amides is 1. The van der Waals surface area contributed by atoms with Gasteiger partial charge in [-0.3, -0.25) is 9.59 Å². The first-order valence-corrected chi connectivity index (χ1v) is 6.88. The Morgan fingerprint density at radius 1 is 1.50 bits per heavy atom. The lowest BCUT2D eigenvalue weighted by Crippen LogP contribution is -2.36. The average molecular weight is 279 g/mol. The molecule has 1 aromatic heterocycles. The van der Waals surface area contributed by atoms with E-state index < -0.39 is 11.5 Å². The summed E-state index contributed by atoms with van der Waals surface area (Å²) in [5.74, 6) is 0.256. The van der Waals surface area contributed by atoms with Crippen LogP contribution in [0.1, 0.15) is 54.5 Å². The molecule has 0 bridgehead atoms. The van der Waals surface area contributed by atoms with Crippen LogP contribution in [-0.4, -0.2) is 34.1 Å². The van der Waals surface area contributed by atoms with Gasteiger partial charge in [-0.25, -0.2) is 4.98 Å². The Labute approximate surface area is 117 Å². The molecule has 0 saturated heterocycles. The first-order chi connectivity index (χ1) is 9.38. The van der Waals surface area contributed by atoms with Crippen molar-refractivity contribution in [1.29, 1.82) is 0 Å². The zero-order valence-corrected chi connectivity index (χ0v) is 12.1. The molecule has 0 aromatic carbocycles. The van der Waals surface area contributed by atoms with Gasteiger partial charge in [-0.05, 0) is 19.8 Å². The summed E-state index contributed by atoms with van der Waals surface area (Å²) >= 11 is 0. The van der Waals surface area contributed by atoms with E-state index in [2.05, 4.69) is 15.3 Å². The van der Waals surface area contributed by atoms with Crippen molar-refractivity contribution in [3.63, 3.8) is 0 Å². The van der Waals surface area contributed by atoms with Gasteiger partial charge in [0.05, 0.1) is 12.3 Å². The molecule has 3 N–H and O–H groups in total. The van der Waals surface area contributed by atoms with Crippen molar-refractivity contribution < 1.29 is 9.90 Å². The van der Waals surface area contributed by atoms with Gasteiger partial charge in [0.25, 0.3) is 11.5 Å². The molecule has 2 rings (SSSR count). The smallest absolute Gasteiger partial charge is 0.264 e. The molecule has 1 aromatic rings. The maximum Gasteiger partial charge on any atom is 0.264 e. The van der Waals surface area contributed by atoms with Gasteiger partial charge in [-0.2, -0.15) is 0 Å². The maximum atomic E-state index is 12.1. The van der Waals surface area contributed by atoms with Crippen LogP contribution in [-0.2, 0) is 0 Å². The number of aromatic amines is 1. The number of H-pyrrole nitrogens is 1. The van der Waals surface area contributed by atoms with Crippen molar-refractivity contribution in [2.24, 2.45) is 5.41 Å². The summed E-state index contributed by atoms with van der Waals surface area (Å²) in [7, 11) is 0. The molecule has 1 saturated carbocycles. The molecule has 0 radical (unpaired) electrons. The maximum absolute atomic E-state index is 12.1. The third-order valence-corrected chi connectivity index (χ3v) is 3.81. The Kier molecular flexibility index (Phi) is 3.94. The third kappa shape index (κ3) is 2.90. The molecule has 20 heavy (non-hydrogen) atoms. The number of nitrogens with one attached hydrogen (secondary N) is 2. The Morgan fingerprint density at radius 3 is 2.60 bits per heavy atom. The van der Waals surface area contributed by atoms with Gasteiger partial charge in [0.2, 0.25) is 0 Å². The molecular formula is C14H21N3O3. The lowest BCUT2D eigenvalue weighted by atomic mass is 10.1. The minimum absolute atomic E-state index is 0.0585. The molecule has 110 valence electrons. The predicted octanol–water partition coefficient (Wildman–Crippen LogP) is 0.704. The molecule has 0 unspecified atom stereocenters. The first kappa shape index (κ1) is 14.7. The van der Waals surface area contributed by atoms with E-state index in [9.17, 15) is 14.7 Å². The Bertz CT molecular complexity index is 574. The van der Waals surface area contributed by atoms with Crippen molar-refractivity contribution in [3.05, 3.63) is 27.4 Å². The normalized spacial score (nSPS) is 16.2. The minimum atomic E-state index is -0.425. The summed E-state index contributed by atoms with van der Waals surface area (Å²) in [4.78, 5) is 31.0. The highest BCUT2D eigenvalue weighted by atomic mass is 16.3. The summed E-state index contributed by atoms with van der Waals surface area (Å²) in [6, 6.07) is 0. The van der Waals surface area contributed by atoms with Crippen LogP contribution in [0, 0.1) is 12.3 Å². The fraction of sp³-hybridized carbons (Fsp3) is 0.643. The lowest BCUT2D eigenvalue weighted by molar-refractivity contribution is 0.0932. The highest BCUT2D eigenvalue weighted by Crippen LogP contribution is 2.44. The second-order valence-electron chi connectivity index (χ2n) is 5.91. The van der Waals surface area contributed by atoms with Gasteiger partial charge in [0.1, 0.15) is 11.4 Å². The number of carbonyl (C=O) groups excluding carboxylic acids is 1. The molecule has 0 spiro atoms. The van der Waals surface area contributed by atoms with E-state index in [-0.39, 0.29) is 23.5 Å². The molecule has 6 nitrogen and oxygen atoms in total. The molecular weight excluding hydrogens is 258 g/mol. The van der Waals surface area contributed by atoms with E-state index in [4.69, 9.17) is 0 Å². The van der Waals surface area contributed by atoms with E-state index >= 15 is 0 Å². The van der Waals surface area contributed by atoms with Crippen LogP contribution in [0.5, 0.6) is 0 Å². The van der Waals surface area contributed by atoms with Gasteiger partial charge in [0, 0.05) is 17.9 Å². The summed E-state index contributed by atoms with van der Waals surface area (Å²) < 4.78 is 0. The van der Waals surface area contributed by atoms with E-state index in [1.54, 1.807) is 6.92 Å². The molecule has 1 heterocycles. The summed E-state index contributed by atoms with van der Waals surface area (Å²) in [6.07, 6.45) is 1.81. The largest absolute Gasteiger partial charge is 0.396 e. The first-order valence-electron chi connectivity index (χ1n) is 6.88. The van der Waals surface area contributed by atoms with Gasteiger partial charge < -0.3 is 15.4 Å². The number of rotatable bonds is 5. The van der Waals surface area contributed by atoms with E-state index in [1.165, 1.54) is 0 Å². The Morgan fingerprint density at radius 2 is 2.15 bits per heavy atom. The van der Waals surface area contributed by atoms with Crippen LogP contribution in [0.4, 0.5) is 0 Å². The van der Waals surface area contributed by atoms with Crippen LogP contribution in [0.3, 0.4) is 0 Å². The fourth-order valence-corrected chi connectivity index (χ4v) is 2.07. The molecule has 1 aliphatic rings. The molecule has 0 aliphatic heterocycles. The standard InChI is InChI=1S/C14H21N3O3/c1-8(2)11-16-9(3)10(13(20)17-11)12(19)15-6-14(7-18)4-5-14/h8,18H,4-7H2,1-3H3,(H,15,19)(H,16,17,20). The lowest BCUT2D eigenvalue weighted by Gasteiger charge is -2.13. The van der Waals surface area contributed by atoms with Crippen LogP contribution >= 0.6 is 0 Å². The molecule has 1 amide bonds. The van der Waals surface area contributed by atoms with Crippen LogP contribution < -0.4 is 10.9 Å². The number of carbonyl (C=O) groups is 1. The molecule has 6 heteroatoms. The van der Waals surface area contributed by atoms with Crippen LogP contribution in [0.25, 0.3) is 0 Å². The zero-order chi connectivity index (χ0) is 14.9. The summed E-state index contributed by atoms with van der Waals surface area (Å²) in [5, 5.41) is 11.9. The quantitative estimate of drug-likeness (QED) is 0.739. The van der Waals surface area contributed by atoms with Crippen molar-refractivity contribution in [3.8, 4) is 0 Å². The number of aryl methyl sites for hydroxylation is 1. The zero-order valence-electron chi connectivity index (χ0n) is 12.1.